The Morgan fingerprint density at radius 1 is 0.639 bits per heavy atom. The Morgan fingerprint density at radius 3 is 1.36 bits per heavy atom. The summed E-state index contributed by atoms with van der Waals surface area (Å²) in [4.78, 5) is 53.4. The summed E-state index contributed by atoms with van der Waals surface area (Å²) < 4.78 is 12.2. The molecule has 184 valence electrons. The molecule has 10 nitrogen and oxygen atoms in total. The molecule has 4 rings (SSSR count). The van der Waals surface area contributed by atoms with E-state index < -0.39 is 11.9 Å². The van der Waals surface area contributed by atoms with Crippen LogP contribution in [0.3, 0.4) is 0 Å². The number of methoxy groups -OCH3 is 2. The average Bonchev–Trinajstić information content (AvgIpc) is 2.91. The maximum atomic E-state index is 11.4. The van der Waals surface area contributed by atoms with Crippen molar-refractivity contribution in [3.8, 4) is 22.3 Å². The van der Waals surface area contributed by atoms with E-state index in [1.165, 1.54) is 47.9 Å². The van der Waals surface area contributed by atoms with E-state index in [-0.39, 0.29) is 11.1 Å². The zero-order chi connectivity index (χ0) is 26.2. The number of hydrogen-bond donors (Lipinski definition) is 0. The lowest BCUT2D eigenvalue weighted by atomic mass is 10.1. The molecule has 0 atom stereocenters. The smallest absolute Gasteiger partial charge is 0.339 e. The molecule has 0 aliphatic rings. The van der Waals surface area contributed by atoms with Gasteiger partial charge in [0.25, 0.3) is 0 Å². The monoisotopic (exact) mass is 488 g/mol. The van der Waals surface area contributed by atoms with Gasteiger partial charge in [-0.05, 0) is 35.4 Å². The standard InChI is InChI=1S/2C13H12N2O3/c2*1-15-8-9(3-4-12(15)16)10-5-11(7-14-6-10)13(17)18-2/h2*3-8H,1-2H3. The Labute approximate surface area is 206 Å². The van der Waals surface area contributed by atoms with Gasteiger partial charge >= 0.3 is 11.9 Å². The number of aromatic nitrogens is 4. The number of aryl methyl sites for hydroxylation is 2. The molecular weight excluding hydrogens is 464 g/mol. The van der Waals surface area contributed by atoms with E-state index in [0.29, 0.717) is 11.1 Å². The van der Waals surface area contributed by atoms with Crippen LogP contribution in [-0.2, 0) is 23.6 Å². The third kappa shape index (κ3) is 6.17. The summed E-state index contributed by atoms with van der Waals surface area (Å²) in [5.74, 6) is -0.872. The van der Waals surface area contributed by atoms with Crippen molar-refractivity contribution in [2.75, 3.05) is 14.2 Å². The Hall–Kier alpha value is -4.86. The van der Waals surface area contributed by atoms with Crippen molar-refractivity contribution in [2.24, 2.45) is 14.1 Å². The van der Waals surface area contributed by atoms with Gasteiger partial charge in [-0.15, -0.1) is 0 Å². The van der Waals surface area contributed by atoms with Crippen molar-refractivity contribution < 1.29 is 19.1 Å². The van der Waals surface area contributed by atoms with Crippen LogP contribution in [0.25, 0.3) is 22.3 Å². The van der Waals surface area contributed by atoms with E-state index in [0.717, 1.165) is 22.3 Å². The summed E-state index contributed by atoms with van der Waals surface area (Å²) in [6.45, 7) is 0. The predicted molar refractivity (Wildman–Crippen MR) is 133 cm³/mol. The molecule has 0 radical (unpaired) electrons. The van der Waals surface area contributed by atoms with Crippen LogP contribution < -0.4 is 11.1 Å². The van der Waals surface area contributed by atoms with E-state index in [2.05, 4.69) is 19.4 Å². The molecule has 0 saturated carbocycles. The van der Waals surface area contributed by atoms with Gasteiger partial charge in [0, 0.05) is 74.5 Å². The van der Waals surface area contributed by atoms with Gasteiger partial charge in [-0.1, -0.05) is 0 Å². The topological polar surface area (TPSA) is 122 Å². The van der Waals surface area contributed by atoms with E-state index in [4.69, 9.17) is 0 Å². The number of carbonyl (C=O) groups is 2. The maximum absolute atomic E-state index is 11.4. The van der Waals surface area contributed by atoms with E-state index in [1.54, 1.807) is 63.1 Å². The van der Waals surface area contributed by atoms with Gasteiger partial charge in [0.15, 0.2) is 0 Å². The van der Waals surface area contributed by atoms with Crippen LogP contribution in [0.5, 0.6) is 0 Å². The lowest BCUT2D eigenvalue weighted by Crippen LogP contribution is -2.14. The van der Waals surface area contributed by atoms with Crippen molar-refractivity contribution in [3.63, 3.8) is 0 Å². The molecule has 0 saturated heterocycles. The minimum absolute atomic E-state index is 0.0872. The molecule has 4 aromatic heterocycles. The molecule has 0 aliphatic heterocycles. The van der Waals surface area contributed by atoms with Gasteiger partial charge in [-0.3, -0.25) is 19.6 Å². The van der Waals surface area contributed by atoms with Gasteiger partial charge in [0.05, 0.1) is 25.3 Å². The summed E-state index contributed by atoms with van der Waals surface area (Å²) >= 11 is 0. The number of pyridine rings is 4. The molecule has 10 heteroatoms. The number of rotatable bonds is 4. The van der Waals surface area contributed by atoms with Crippen LogP contribution >= 0.6 is 0 Å². The predicted octanol–water partition coefficient (Wildman–Crippen LogP) is 2.47. The minimum Gasteiger partial charge on any atom is -0.465 e. The molecular formula is C26H24N4O6. The fraction of sp³-hybridized carbons (Fsp3) is 0.154. The molecule has 0 N–H and O–H groups in total. The molecule has 36 heavy (non-hydrogen) atoms. The number of nitrogens with zero attached hydrogens (tertiary/aromatic N) is 4. The van der Waals surface area contributed by atoms with Crippen molar-refractivity contribution in [2.45, 2.75) is 0 Å². The van der Waals surface area contributed by atoms with Gasteiger partial charge in [-0.2, -0.15) is 0 Å². The largest absolute Gasteiger partial charge is 0.465 e. The number of carbonyl (C=O) groups excluding carboxylic acids is 2. The molecule has 0 unspecified atom stereocenters. The Morgan fingerprint density at radius 2 is 1.03 bits per heavy atom. The van der Waals surface area contributed by atoms with E-state index in [9.17, 15) is 19.2 Å². The first-order valence-corrected chi connectivity index (χ1v) is 10.6. The highest BCUT2D eigenvalue weighted by molar-refractivity contribution is 5.91. The van der Waals surface area contributed by atoms with Crippen LogP contribution in [0.2, 0.25) is 0 Å². The zero-order valence-corrected chi connectivity index (χ0v) is 20.2. The van der Waals surface area contributed by atoms with Crippen LogP contribution in [0.4, 0.5) is 0 Å². The first-order valence-electron chi connectivity index (χ1n) is 10.6. The lowest BCUT2D eigenvalue weighted by Gasteiger charge is -2.05. The first-order chi connectivity index (χ1) is 17.2. The molecule has 0 aromatic carbocycles. The van der Waals surface area contributed by atoms with E-state index >= 15 is 0 Å². The van der Waals surface area contributed by atoms with Gasteiger partial charge in [-0.25, -0.2) is 9.59 Å². The maximum Gasteiger partial charge on any atom is 0.339 e. The molecule has 0 spiro atoms. The van der Waals surface area contributed by atoms with Crippen LogP contribution in [0, 0.1) is 0 Å². The van der Waals surface area contributed by atoms with Crippen molar-refractivity contribution in [1.82, 2.24) is 19.1 Å². The minimum atomic E-state index is -0.436. The number of hydrogen-bond acceptors (Lipinski definition) is 8. The zero-order valence-electron chi connectivity index (χ0n) is 20.2. The second-order valence-corrected chi connectivity index (χ2v) is 7.64. The van der Waals surface area contributed by atoms with E-state index in [1.807, 2.05) is 0 Å². The molecule has 0 bridgehead atoms. The third-order valence-electron chi connectivity index (χ3n) is 5.16. The Bertz CT molecular complexity index is 1410. The summed E-state index contributed by atoms with van der Waals surface area (Å²) in [6, 6.07) is 9.69. The highest BCUT2D eigenvalue weighted by Crippen LogP contribution is 2.19. The quantitative estimate of drug-likeness (QED) is 0.402. The molecule has 4 heterocycles. The molecule has 4 aromatic rings. The van der Waals surface area contributed by atoms with Gasteiger partial charge in [0.1, 0.15) is 0 Å². The van der Waals surface area contributed by atoms with Crippen LogP contribution in [0.1, 0.15) is 20.7 Å². The summed E-state index contributed by atoms with van der Waals surface area (Å²) in [6.07, 6.45) is 9.54. The third-order valence-corrected chi connectivity index (χ3v) is 5.16. The Kier molecular flexibility index (Phi) is 8.24. The summed E-state index contributed by atoms with van der Waals surface area (Å²) in [5.41, 5.74) is 3.73. The average molecular weight is 489 g/mol. The van der Waals surface area contributed by atoms with Crippen molar-refractivity contribution in [3.05, 3.63) is 105 Å². The highest BCUT2D eigenvalue weighted by Gasteiger charge is 2.09. The molecule has 0 aliphatic carbocycles. The summed E-state index contributed by atoms with van der Waals surface area (Å²) in [5, 5.41) is 0. The Balaban J connectivity index is 0.000000201. The summed E-state index contributed by atoms with van der Waals surface area (Å²) in [7, 11) is 5.98. The van der Waals surface area contributed by atoms with Crippen LogP contribution in [-0.4, -0.2) is 45.3 Å². The SMILES string of the molecule is COC(=O)c1cncc(-c2ccc(=O)n(C)c2)c1.COC(=O)c1cncc(-c2ccc(=O)n(C)c2)c1. The fourth-order valence-electron chi connectivity index (χ4n) is 3.18. The number of ether oxygens (including phenoxy) is 2. The lowest BCUT2D eigenvalue weighted by molar-refractivity contribution is 0.0591. The molecule has 0 fully saturated rings. The normalized spacial score (nSPS) is 10.1. The van der Waals surface area contributed by atoms with Gasteiger partial charge in [0.2, 0.25) is 11.1 Å². The highest BCUT2D eigenvalue weighted by atomic mass is 16.5. The van der Waals surface area contributed by atoms with Gasteiger partial charge < -0.3 is 18.6 Å². The second-order valence-electron chi connectivity index (χ2n) is 7.64. The van der Waals surface area contributed by atoms with Crippen molar-refractivity contribution >= 4 is 11.9 Å². The first kappa shape index (κ1) is 25.8. The van der Waals surface area contributed by atoms with Crippen molar-refractivity contribution in [1.29, 1.82) is 0 Å². The number of esters is 2. The second kappa shape index (κ2) is 11.5. The van der Waals surface area contributed by atoms with Crippen LogP contribution in [0.15, 0.2) is 83.2 Å². The molecule has 0 amide bonds. The fourth-order valence-corrected chi connectivity index (χ4v) is 3.18.